The number of imidazole rings is 1. The van der Waals surface area contributed by atoms with E-state index in [2.05, 4.69) is 4.98 Å². The molecule has 4 nitrogen and oxygen atoms in total. The SMILES string of the molecule is CCOC(=O)c1nc(CC(C)(C)C)n(-c2cccc(Cl)c2F)c1-c1ccc(F)c(Cl)c1. The standard InChI is InChI=1S/C23H22Cl2F2N2O2/c1-5-31-22(30)20-21(13-9-10-16(26)15(25)11-13)29(18(28-20)12-23(2,3)4)17-8-6-7-14(24)19(17)27/h6-11H,5,12H2,1-4H3. The van der Waals surface area contributed by atoms with Crippen LogP contribution < -0.4 is 0 Å². The summed E-state index contributed by atoms with van der Waals surface area (Å²) in [7, 11) is 0. The molecule has 0 aliphatic heterocycles. The minimum Gasteiger partial charge on any atom is -0.461 e. The Labute approximate surface area is 189 Å². The van der Waals surface area contributed by atoms with Gasteiger partial charge in [-0.3, -0.25) is 4.57 Å². The molecule has 2 aromatic carbocycles. The number of hydrogen-bond donors (Lipinski definition) is 0. The zero-order valence-electron chi connectivity index (χ0n) is 17.6. The van der Waals surface area contributed by atoms with Crippen LogP contribution in [0.15, 0.2) is 36.4 Å². The van der Waals surface area contributed by atoms with Crippen molar-refractivity contribution in [2.45, 2.75) is 34.1 Å². The van der Waals surface area contributed by atoms with Gasteiger partial charge in [-0.15, -0.1) is 0 Å². The van der Waals surface area contributed by atoms with Crippen molar-refractivity contribution in [3.63, 3.8) is 0 Å². The largest absolute Gasteiger partial charge is 0.461 e. The highest BCUT2D eigenvalue weighted by atomic mass is 35.5. The van der Waals surface area contributed by atoms with E-state index in [0.717, 1.165) is 0 Å². The fraction of sp³-hybridized carbons (Fsp3) is 0.304. The summed E-state index contributed by atoms with van der Waals surface area (Å²) in [5.41, 5.74) is 0.512. The van der Waals surface area contributed by atoms with E-state index < -0.39 is 17.6 Å². The maximum atomic E-state index is 15.1. The van der Waals surface area contributed by atoms with E-state index in [4.69, 9.17) is 27.9 Å². The molecule has 0 spiro atoms. The summed E-state index contributed by atoms with van der Waals surface area (Å²) in [6.07, 6.45) is 0.417. The van der Waals surface area contributed by atoms with Gasteiger partial charge in [0.2, 0.25) is 0 Å². The summed E-state index contributed by atoms with van der Waals surface area (Å²) in [5.74, 6) is -1.51. The Kier molecular flexibility index (Phi) is 6.72. The lowest BCUT2D eigenvalue weighted by atomic mass is 9.92. The van der Waals surface area contributed by atoms with Crippen molar-refractivity contribution in [1.82, 2.24) is 9.55 Å². The molecule has 0 saturated carbocycles. The fourth-order valence-corrected chi connectivity index (χ4v) is 3.59. The van der Waals surface area contributed by atoms with E-state index in [1.807, 2.05) is 20.8 Å². The van der Waals surface area contributed by atoms with Gasteiger partial charge in [-0.1, -0.05) is 50.0 Å². The van der Waals surface area contributed by atoms with Crippen molar-refractivity contribution < 1.29 is 18.3 Å². The molecule has 0 unspecified atom stereocenters. The molecule has 1 heterocycles. The Morgan fingerprint density at radius 1 is 1.13 bits per heavy atom. The number of benzene rings is 2. The van der Waals surface area contributed by atoms with Crippen molar-refractivity contribution in [1.29, 1.82) is 0 Å². The fourth-order valence-electron chi connectivity index (χ4n) is 3.24. The molecule has 0 saturated heterocycles. The van der Waals surface area contributed by atoms with Crippen molar-refractivity contribution in [3.05, 3.63) is 69.6 Å². The number of carbonyl (C=O) groups excluding carboxylic acids is 1. The molecule has 0 N–H and O–H groups in total. The van der Waals surface area contributed by atoms with Gasteiger partial charge in [0.25, 0.3) is 0 Å². The van der Waals surface area contributed by atoms with Gasteiger partial charge in [-0.05, 0) is 42.7 Å². The van der Waals surface area contributed by atoms with E-state index in [-0.39, 0.29) is 39.1 Å². The minimum absolute atomic E-state index is 0.0110. The highest BCUT2D eigenvalue weighted by Crippen LogP contribution is 2.35. The van der Waals surface area contributed by atoms with Gasteiger partial charge < -0.3 is 4.74 Å². The first-order valence-corrected chi connectivity index (χ1v) is 10.5. The number of nitrogens with zero attached hydrogens (tertiary/aromatic N) is 2. The number of rotatable bonds is 5. The zero-order valence-corrected chi connectivity index (χ0v) is 19.1. The molecule has 0 fully saturated rings. The number of halogens is 4. The molecule has 0 atom stereocenters. The topological polar surface area (TPSA) is 44.1 Å². The van der Waals surface area contributed by atoms with Crippen LogP contribution in [0.3, 0.4) is 0 Å². The molecular formula is C23H22Cl2F2N2O2. The second-order valence-electron chi connectivity index (χ2n) is 8.22. The van der Waals surface area contributed by atoms with Gasteiger partial charge in [-0.25, -0.2) is 18.6 Å². The first kappa shape index (κ1) is 23.2. The Morgan fingerprint density at radius 2 is 1.84 bits per heavy atom. The van der Waals surface area contributed by atoms with Gasteiger partial charge in [0.1, 0.15) is 11.6 Å². The molecule has 0 aliphatic carbocycles. The molecule has 0 aliphatic rings. The van der Waals surface area contributed by atoms with Crippen LogP contribution in [0.4, 0.5) is 8.78 Å². The lowest BCUT2D eigenvalue weighted by molar-refractivity contribution is 0.0520. The third-order valence-electron chi connectivity index (χ3n) is 4.47. The molecular weight excluding hydrogens is 445 g/mol. The summed E-state index contributed by atoms with van der Waals surface area (Å²) in [6.45, 7) is 7.81. The predicted octanol–water partition coefficient (Wildman–Crippen LogP) is 6.89. The smallest absolute Gasteiger partial charge is 0.359 e. The molecule has 3 rings (SSSR count). The number of ether oxygens (including phenoxy) is 1. The summed E-state index contributed by atoms with van der Waals surface area (Å²) >= 11 is 12.1. The van der Waals surface area contributed by atoms with Crippen molar-refractivity contribution in [2.75, 3.05) is 6.61 Å². The first-order valence-electron chi connectivity index (χ1n) is 9.72. The number of esters is 1. The lowest BCUT2D eigenvalue weighted by Crippen LogP contribution is -2.15. The van der Waals surface area contributed by atoms with Gasteiger partial charge in [0, 0.05) is 12.0 Å². The van der Waals surface area contributed by atoms with Crippen molar-refractivity contribution in [2.24, 2.45) is 5.41 Å². The number of carbonyl (C=O) groups is 1. The third-order valence-corrected chi connectivity index (χ3v) is 5.05. The maximum absolute atomic E-state index is 15.1. The van der Waals surface area contributed by atoms with Gasteiger partial charge in [0.05, 0.1) is 28.0 Å². The monoisotopic (exact) mass is 466 g/mol. The van der Waals surface area contributed by atoms with Gasteiger partial charge >= 0.3 is 5.97 Å². The highest BCUT2D eigenvalue weighted by molar-refractivity contribution is 6.31. The highest BCUT2D eigenvalue weighted by Gasteiger charge is 2.29. The van der Waals surface area contributed by atoms with E-state index >= 15 is 4.39 Å². The molecule has 8 heteroatoms. The van der Waals surface area contributed by atoms with Crippen LogP contribution in [0, 0.1) is 17.0 Å². The van der Waals surface area contributed by atoms with Crippen LogP contribution in [-0.4, -0.2) is 22.1 Å². The Hall–Kier alpha value is -2.44. The molecule has 31 heavy (non-hydrogen) atoms. The normalized spacial score (nSPS) is 11.6. The molecule has 0 amide bonds. The Bertz CT molecular complexity index is 1140. The van der Waals surface area contributed by atoms with E-state index in [0.29, 0.717) is 17.8 Å². The van der Waals surface area contributed by atoms with E-state index in [9.17, 15) is 9.18 Å². The zero-order chi connectivity index (χ0) is 22.9. The Morgan fingerprint density at radius 3 is 2.45 bits per heavy atom. The number of hydrogen-bond acceptors (Lipinski definition) is 3. The predicted molar refractivity (Wildman–Crippen MR) is 118 cm³/mol. The average molecular weight is 467 g/mol. The average Bonchev–Trinajstić information content (AvgIpc) is 3.03. The van der Waals surface area contributed by atoms with Crippen LogP contribution >= 0.6 is 23.2 Å². The number of aromatic nitrogens is 2. The van der Waals surface area contributed by atoms with Crippen LogP contribution in [0.25, 0.3) is 16.9 Å². The quantitative estimate of drug-likeness (QED) is 0.384. The van der Waals surface area contributed by atoms with E-state index in [1.54, 1.807) is 19.1 Å². The van der Waals surface area contributed by atoms with Crippen LogP contribution in [0.2, 0.25) is 10.0 Å². The molecule has 0 bridgehead atoms. The molecule has 1 aromatic heterocycles. The molecule has 3 aromatic rings. The van der Waals surface area contributed by atoms with Gasteiger partial charge in [-0.2, -0.15) is 0 Å². The van der Waals surface area contributed by atoms with E-state index in [1.165, 1.54) is 28.8 Å². The lowest BCUT2D eigenvalue weighted by Gasteiger charge is -2.20. The first-order chi connectivity index (χ1) is 14.5. The van der Waals surface area contributed by atoms with Crippen LogP contribution in [0.5, 0.6) is 0 Å². The summed E-state index contributed by atoms with van der Waals surface area (Å²) in [4.78, 5) is 17.3. The minimum atomic E-state index is -0.672. The van der Waals surface area contributed by atoms with Crippen LogP contribution in [-0.2, 0) is 11.2 Å². The van der Waals surface area contributed by atoms with Crippen molar-refractivity contribution >= 4 is 29.2 Å². The second kappa shape index (κ2) is 8.97. The summed E-state index contributed by atoms with van der Waals surface area (Å²) < 4.78 is 35.7. The second-order valence-corrected chi connectivity index (χ2v) is 9.03. The maximum Gasteiger partial charge on any atom is 0.359 e. The summed E-state index contributed by atoms with van der Waals surface area (Å²) in [6, 6.07) is 8.59. The molecule has 0 radical (unpaired) electrons. The molecule has 164 valence electrons. The summed E-state index contributed by atoms with van der Waals surface area (Å²) in [5, 5.41) is -0.210. The van der Waals surface area contributed by atoms with Crippen molar-refractivity contribution in [3.8, 4) is 16.9 Å². The van der Waals surface area contributed by atoms with Crippen LogP contribution in [0.1, 0.15) is 44.0 Å². The Balaban J connectivity index is 2.42. The third kappa shape index (κ3) is 4.91. The van der Waals surface area contributed by atoms with Gasteiger partial charge in [0.15, 0.2) is 11.5 Å².